The van der Waals surface area contributed by atoms with E-state index in [0.717, 1.165) is 23.9 Å². The fourth-order valence-corrected chi connectivity index (χ4v) is 3.00. The Kier molecular flexibility index (Phi) is 4.82. The first-order valence-corrected chi connectivity index (χ1v) is 8.95. The van der Waals surface area contributed by atoms with Crippen molar-refractivity contribution in [3.05, 3.63) is 48.7 Å². The van der Waals surface area contributed by atoms with Crippen LogP contribution < -0.4 is 19.5 Å². The van der Waals surface area contributed by atoms with Crippen LogP contribution in [0.15, 0.2) is 48.7 Å². The summed E-state index contributed by atoms with van der Waals surface area (Å²) in [5.41, 5.74) is 1.10. The molecule has 2 heterocycles. The molecule has 4 rings (SSSR count). The molecule has 7 heteroatoms. The molecule has 140 valence electrons. The van der Waals surface area contributed by atoms with E-state index in [2.05, 4.69) is 10.4 Å². The lowest BCUT2D eigenvalue weighted by Crippen LogP contribution is -2.37. The maximum absolute atomic E-state index is 12.2. The molecule has 0 aliphatic carbocycles. The summed E-state index contributed by atoms with van der Waals surface area (Å²) in [6.45, 7) is 3.23. The number of carbonyl (C=O) groups is 1. The fourth-order valence-electron chi connectivity index (χ4n) is 3.00. The number of benzene rings is 2. The molecule has 1 aromatic heterocycles. The van der Waals surface area contributed by atoms with E-state index in [9.17, 15) is 4.79 Å². The SMILES string of the molecule is C[C@@H](Oc1ccc2c(c1)OCO2)C(=O)NCCCn1ncc2ccccc21. The first-order valence-electron chi connectivity index (χ1n) is 8.95. The van der Waals surface area contributed by atoms with Gasteiger partial charge in [0.2, 0.25) is 6.79 Å². The van der Waals surface area contributed by atoms with Gasteiger partial charge < -0.3 is 19.5 Å². The van der Waals surface area contributed by atoms with Crippen LogP contribution in [0.25, 0.3) is 10.9 Å². The Bertz CT molecular complexity index is 953. The number of carbonyl (C=O) groups excluding carboxylic acids is 1. The molecule has 1 atom stereocenters. The average Bonchev–Trinajstić information content (AvgIpc) is 3.31. The molecule has 1 aliphatic heterocycles. The second-order valence-electron chi connectivity index (χ2n) is 6.35. The van der Waals surface area contributed by atoms with Crippen LogP contribution >= 0.6 is 0 Å². The minimum Gasteiger partial charge on any atom is -0.481 e. The Balaban J connectivity index is 1.24. The lowest BCUT2D eigenvalue weighted by Gasteiger charge is -2.15. The number of hydrogen-bond donors (Lipinski definition) is 1. The van der Waals surface area contributed by atoms with Crippen LogP contribution in [0.4, 0.5) is 0 Å². The van der Waals surface area contributed by atoms with Gasteiger partial charge in [0.1, 0.15) is 5.75 Å². The number of nitrogens with zero attached hydrogens (tertiary/aromatic N) is 2. The van der Waals surface area contributed by atoms with E-state index in [0.29, 0.717) is 23.8 Å². The van der Waals surface area contributed by atoms with Gasteiger partial charge in [0.05, 0.1) is 11.7 Å². The van der Waals surface area contributed by atoms with Crippen LogP contribution in [-0.4, -0.2) is 35.1 Å². The van der Waals surface area contributed by atoms with E-state index in [1.807, 2.05) is 35.1 Å². The highest BCUT2D eigenvalue weighted by atomic mass is 16.7. The van der Waals surface area contributed by atoms with Crippen molar-refractivity contribution in [2.45, 2.75) is 26.0 Å². The third-order valence-electron chi connectivity index (χ3n) is 4.42. The fraction of sp³-hybridized carbons (Fsp3) is 0.300. The summed E-state index contributed by atoms with van der Waals surface area (Å²) >= 11 is 0. The van der Waals surface area contributed by atoms with Crippen molar-refractivity contribution in [3.8, 4) is 17.2 Å². The molecule has 0 radical (unpaired) electrons. The molecule has 2 aromatic carbocycles. The third-order valence-corrected chi connectivity index (χ3v) is 4.42. The summed E-state index contributed by atoms with van der Waals surface area (Å²) in [7, 11) is 0. The number of aryl methyl sites for hydroxylation is 1. The van der Waals surface area contributed by atoms with Crippen molar-refractivity contribution < 1.29 is 19.0 Å². The summed E-state index contributed by atoms with van der Waals surface area (Å²) in [5.74, 6) is 1.74. The van der Waals surface area contributed by atoms with Crippen molar-refractivity contribution in [1.29, 1.82) is 0 Å². The predicted octanol–water partition coefficient (Wildman–Crippen LogP) is 2.74. The van der Waals surface area contributed by atoms with E-state index in [1.54, 1.807) is 25.1 Å². The number of fused-ring (bicyclic) bond motifs is 2. The highest BCUT2D eigenvalue weighted by Crippen LogP contribution is 2.35. The minimum absolute atomic E-state index is 0.155. The zero-order valence-corrected chi connectivity index (χ0v) is 15.1. The third kappa shape index (κ3) is 3.81. The summed E-state index contributed by atoms with van der Waals surface area (Å²) in [4.78, 5) is 12.2. The van der Waals surface area contributed by atoms with Gasteiger partial charge in [-0.3, -0.25) is 9.48 Å². The zero-order chi connectivity index (χ0) is 18.6. The Morgan fingerprint density at radius 3 is 3.04 bits per heavy atom. The first kappa shape index (κ1) is 17.2. The second kappa shape index (κ2) is 7.57. The molecule has 0 fully saturated rings. The van der Waals surface area contributed by atoms with Gasteiger partial charge in [0.25, 0.3) is 5.91 Å². The quantitative estimate of drug-likeness (QED) is 0.650. The number of amides is 1. The van der Waals surface area contributed by atoms with E-state index in [1.165, 1.54) is 0 Å². The molecule has 7 nitrogen and oxygen atoms in total. The van der Waals surface area contributed by atoms with Gasteiger partial charge in [-0.2, -0.15) is 5.10 Å². The number of ether oxygens (including phenoxy) is 3. The number of hydrogen-bond acceptors (Lipinski definition) is 5. The van der Waals surface area contributed by atoms with E-state index < -0.39 is 6.10 Å². The highest BCUT2D eigenvalue weighted by Gasteiger charge is 2.18. The molecule has 0 saturated carbocycles. The topological polar surface area (TPSA) is 74.6 Å². The van der Waals surface area contributed by atoms with Gasteiger partial charge in [-0.25, -0.2) is 0 Å². The molecular formula is C20H21N3O4. The Morgan fingerprint density at radius 1 is 1.26 bits per heavy atom. The highest BCUT2D eigenvalue weighted by molar-refractivity contribution is 5.80. The molecule has 3 aromatic rings. The molecule has 0 bridgehead atoms. The minimum atomic E-state index is -0.601. The molecule has 0 spiro atoms. The molecular weight excluding hydrogens is 346 g/mol. The molecule has 0 saturated heterocycles. The van der Waals surface area contributed by atoms with E-state index >= 15 is 0 Å². The van der Waals surface area contributed by atoms with Crippen molar-refractivity contribution in [2.24, 2.45) is 0 Å². The van der Waals surface area contributed by atoms with Crippen LogP contribution in [0.1, 0.15) is 13.3 Å². The average molecular weight is 367 g/mol. The van der Waals surface area contributed by atoms with Crippen LogP contribution in [-0.2, 0) is 11.3 Å². The van der Waals surface area contributed by atoms with Crippen molar-refractivity contribution >= 4 is 16.8 Å². The van der Waals surface area contributed by atoms with Gasteiger partial charge in [-0.1, -0.05) is 18.2 Å². The lowest BCUT2D eigenvalue weighted by molar-refractivity contribution is -0.127. The van der Waals surface area contributed by atoms with Crippen LogP contribution in [0.3, 0.4) is 0 Å². The first-order chi connectivity index (χ1) is 13.2. The Morgan fingerprint density at radius 2 is 2.11 bits per heavy atom. The zero-order valence-electron chi connectivity index (χ0n) is 15.1. The molecule has 1 aliphatic rings. The van der Waals surface area contributed by atoms with Crippen molar-refractivity contribution in [2.75, 3.05) is 13.3 Å². The van der Waals surface area contributed by atoms with Gasteiger partial charge in [-0.15, -0.1) is 0 Å². The van der Waals surface area contributed by atoms with E-state index in [-0.39, 0.29) is 12.7 Å². The summed E-state index contributed by atoms with van der Waals surface area (Å²) in [6.07, 6.45) is 2.04. The summed E-state index contributed by atoms with van der Waals surface area (Å²) < 4.78 is 18.2. The standard InChI is InChI=1S/C20H21N3O4/c1-14(27-16-7-8-18-19(11-16)26-13-25-18)20(24)21-9-4-10-23-17-6-3-2-5-15(17)12-22-23/h2-3,5-8,11-12,14H,4,9-10,13H2,1H3,(H,21,24)/t14-/m1/s1. The van der Waals surface area contributed by atoms with Gasteiger partial charge in [0.15, 0.2) is 17.6 Å². The van der Waals surface area contributed by atoms with Crippen LogP contribution in [0, 0.1) is 0 Å². The number of nitrogens with one attached hydrogen (secondary N) is 1. The van der Waals surface area contributed by atoms with Crippen molar-refractivity contribution in [3.63, 3.8) is 0 Å². The number of aromatic nitrogens is 2. The maximum atomic E-state index is 12.2. The molecule has 1 amide bonds. The van der Waals surface area contributed by atoms with Crippen molar-refractivity contribution in [1.82, 2.24) is 15.1 Å². The second-order valence-corrected chi connectivity index (χ2v) is 6.35. The van der Waals surface area contributed by atoms with Crippen LogP contribution in [0.2, 0.25) is 0 Å². The molecule has 0 unspecified atom stereocenters. The van der Waals surface area contributed by atoms with Gasteiger partial charge >= 0.3 is 0 Å². The smallest absolute Gasteiger partial charge is 0.260 e. The largest absolute Gasteiger partial charge is 0.481 e. The Labute approximate surface area is 156 Å². The monoisotopic (exact) mass is 367 g/mol. The summed E-state index contributed by atoms with van der Waals surface area (Å²) in [5, 5.41) is 8.41. The number of rotatable bonds is 7. The summed E-state index contributed by atoms with van der Waals surface area (Å²) in [6, 6.07) is 13.3. The molecule has 1 N–H and O–H groups in total. The number of para-hydroxylation sites is 1. The predicted molar refractivity (Wildman–Crippen MR) is 100 cm³/mol. The van der Waals surface area contributed by atoms with E-state index in [4.69, 9.17) is 14.2 Å². The maximum Gasteiger partial charge on any atom is 0.260 e. The Hall–Kier alpha value is -3.22. The van der Waals surface area contributed by atoms with Crippen LogP contribution in [0.5, 0.6) is 17.2 Å². The van der Waals surface area contributed by atoms with Gasteiger partial charge in [0, 0.05) is 24.5 Å². The molecule has 27 heavy (non-hydrogen) atoms. The lowest BCUT2D eigenvalue weighted by atomic mass is 10.2. The normalized spacial score (nSPS) is 13.5. The van der Waals surface area contributed by atoms with Gasteiger partial charge in [-0.05, 0) is 31.5 Å².